The normalized spacial score (nSPS) is 16.3. The maximum absolute atomic E-state index is 13.3. The van der Waals surface area contributed by atoms with Crippen LogP contribution in [-0.4, -0.2) is 53.2 Å². The van der Waals surface area contributed by atoms with E-state index in [-0.39, 0.29) is 36.7 Å². The smallest absolute Gasteiger partial charge is 0.306 e. The summed E-state index contributed by atoms with van der Waals surface area (Å²) in [6, 6.07) is 23.9. The number of esters is 1. The van der Waals surface area contributed by atoms with Crippen molar-refractivity contribution >= 4 is 29.9 Å². The number of hydroxylamine groups is 1. The number of allylic oxidation sites excluding steroid dienone is 2. The fourth-order valence-corrected chi connectivity index (χ4v) is 5.23. The highest BCUT2D eigenvalue weighted by Crippen LogP contribution is 2.23. The monoisotopic (exact) mass is 668 g/mol. The number of hydrogen-bond donors (Lipinski definition) is 3. The molecule has 11 nitrogen and oxygen atoms in total. The van der Waals surface area contributed by atoms with Gasteiger partial charge in [-0.05, 0) is 60.6 Å². The van der Waals surface area contributed by atoms with Crippen LogP contribution in [0.5, 0.6) is 5.75 Å². The van der Waals surface area contributed by atoms with Crippen LogP contribution in [0.1, 0.15) is 90.9 Å². The standard InChI is InChI=1S/C38H44N4O7/c43-35(41-47)17-8-3-4-11-24-48-33-16-12-15-32(25-33)38(46)40-39-26-29-20-22-30(23-21-29)27-42-28-34(31-13-6-5-7-14-31)49-37(45)19-10-2-1-9-18-36(42)44/h1-2,5-7,12-16,20-23,25-26,34,47H,3-4,8-11,17-19,24,27-28H2,(H,40,46)(H,41,43)/b2-1+,39-26+/t34-/m0/s1. The van der Waals surface area contributed by atoms with Gasteiger partial charge in [-0.1, -0.05) is 85.7 Å². The maximum atomic E-state index is 13.3. The highest BCUT2D eigenvalue weighted by Gasteiger charge is 2.24. The van der Waals surface area contributed by atoms with Gasteiger partial charge in [0, 0.05) is 31.4 Å². The van der Waals surface area contributed by atoms with Gasteiger partial charge in [-0.3, -0.25) is 24.4 Å². The summed E-state index contributed by atoms with van der Waals surface area (Å²) in [6.07, 6.45) is 10.2. The predicted molar refractivity (Wildman–Crippen MR) is 185 cm³/mol. The van der Waals surface area contributed by atoms with Gasteiger partial charge in [0.25, 0.3) is 5.91 Å². The highest BCUT2D eigenvalue weighted by atomic mass is 16.5. The second kappa shape index (κ2) is 20.2. The number of nitrogens with one attached hydrogen (secondary N) is 2. The summed E-state index contributed by atoms with van der Waals surface area (Å²) in [4.78, 5) is 51.4. The molecule has 1 atom stereocenters. The molecule has 0 spiro atoms. The molecular weight excluding hydrogens is 624 g/mol. The second-order valence-electron chi connectivity index (χ2n) is 11.7. The number of cyclic esters (lactones) is 1. The van der Waals surface area contributed by atoms with Gasteiger partial charge in [0.15, 0.2) is 0 Å². The van der Waals surface area contributed by atoms with Crippen LogP contribution in [0.25, 0.3) is 0 Å². The van der Waals surface area contributed by atoms with Gasteiger partial charge in [0.1, 0.15) is 11.9 Å². The third-order valence-electron chi connectivity index (χ3n) is 7.91. The molecule has 0 unspecified atom stereocenters. The average molecular weight is 669 g/mol. The largest absolute Gasteiger partial charge is 0.494 e. The number of rotatable bonds is 14. The molecule has 1 heterocycles. The summed E-state index contributed by atoms with van der Waals surface area (Å²) >= 11 is 0. The van der Waals surface area contributed by atoms with Crippen molar-refractivity contribution in [2.45, 2.75) is 70.4 Å². The van der Waals surface area contributed by atoms with Crippen LogP contribution >= 0.6 is 0 Å². The van der Waals surface area contributed by atoms with Gasteiger partial charge >= 0.3 is 5.97 Å². The lowest BCUT2D eigenvalue weighted by Crippen LogP contribution is -2.35. The minimum absolute atomic E-state index is 0.0213. The van der Waals surface area contributed by atoms with Crippen molar-refractivity contribution in [3.05, 3.63) is 113 Å². The molecule has 1 aliphatic heterocycles. The summed E-state index contributed by atoms with van der Waals surface area (Å²) in [5.41, 5.74) is 7.09. The fourth-order valence-electron chi connectivity index (χ4n) is 5.23. The minimum Gasteiger partial charge on any atom is -0.494 e. The molecule has 0 aromatic heterocycles. The molecule has 1 aliphatic rings. The molecule has 11 heteroatoms. The van der Waals surface area contributed by atoms with Crippen molar-refractivity contribution in [1.82, 2.24) is 15.8 Å². The van der Waals surface area contributed by atoms with Crippen LogP contribution in [-0.2, 0) is 25.7 Å². The van der Waals surface area contributed by atoms with Crippen LogP contribution < -0.4 is 15.6 Å². The summed E-state index contributed by atoms with van der Waals surface area (Å²) < 4.78 is 11.6. The maximum Gasteiger partial charge on any atom is 0.306 e. The van der Waals surface area contributed by atoms with Gasteiger partial charge in [-0.15, -0.1) is 0 Å². The summed E-state index contributed by atoms with van der Waals surface area (Å²) in [6.45, 7) is 1.07. The van der Waals surface area contributed by atoms with Gasteiger partial charge in [0.2, 0.25) is 11.8 Å². The van der Waals surface area contributed by atoms with Crippen molar-refractivity contribution in [3.8, 4) is 5.75 Å². The molecule has 0 radical (unpaired) electrons. The lowest BCUT2D eigenvalue weighted by atomic mass is 10.1. The van der Waals surface area contributed by atoms with Crippen molar-refractivity contribution in [2.75, 3.05) is 13.2 Å². The first-order valence-electron chi connectivity index (χ1n) is 16.7. The Bertz CT molecular complexity index is 1570. The van der Waals surface area contributed by atoms with E-state index in [2.05, 4.69) is 10.5 Å². The fraction of sp³-hybridized carbons (Fsp3) is 0.342. The van der Waals surface area contributed by atoms with Crippen LogP contribution in [0.3, 0.4) is 0 Å². The average Bonchev–Trinajstić information content (AvgIpc) is 3.12. The third-order valence-corrected chi connectivity index (χ3v) is 7.91. The van der Waals surface area contributed by atoms with Crippen LogP contribution in [0.4, 0.5) is 0 Å². The van der Waals surface area contributed by atoms with E-state index in [9.17, 15) is 19.2 Å². The van der Waals surface area contributed by atoms with Gasteiger partial charge in [-0.2, -0.15) is 5.10 Å². The van der Waals surface area contributed by atoms with Crippen LogP contribution in [0.15, 0.2) is 96.1 Å². The quantitative estimate of drug-likeness (QED) is 0.0475. The number of amides is 3. The van der Waals surface area contributed by atoms with Crippen LogP contribution in [0, 0.1) is 0 Å². The Balaban J connectivity index is 1.29. The molecule has 49 heavy (non-hydrogen) atoms. The molecule has 0 aliphatic carbocycles. The Morgan fingerprint density at radius 1 is 0.918 bits per heavy atom. The number of unbranched alkanes of at least 4 members (excludes halogenated alkanes) is 3. The molecule has 3 aromatic rings. The second-order valence-corrected chi connectivity index (χ2v) is 11.7. The lowest BCUT2D eigenvalue weighted by Gasteiger charge is -2.28. The summed E-state index contributed by atoms with van der Waals surface area (Å²) in [7, 11) is 0. The molecule has 0 saturated heterocycles. The molecule has 258 valence electrons. The molecular formula is C38H44N4O7. The summed E-state index contributed by atoms with van der Waals surface area (Å²) in [5, 5.41) is 12.6. The van der Waals surface area contributed by atoms with E-state index in [0.29, 0.717) is 56.6 Å². The van der Waals surface area contributed by atoms with Crippen molar-refractivity contribution in [1.29, 1.82) is 0 Å². The molecule has 3 aromatic carbocycles. The topological polar surface area (TPSA) is 147 Å². The zero-order valence-electron chi connectivity index (χ0n) is 27.6. The first kappa shape index (κ1) is 36.5. The number of ether oxygens (including phenoxy) is 2. The number of benzene rings is 3. The zero-order valence-corrected chi connectivity index (χ0v) is 27.6. The zero-order chi connectivity index (χ0) is 34.7. The van der Waals surface area contributed by atoms with Crippen molar-refractivity contribution in [3.63, 3.8) is 0 Å². The molecule has 3 N–H and O–H groups in total. The number of hydrazone groups is 1. The Hall–Kier alpha value is -5.29. The van der Waals surface area contributed by atoms with Gasteiger partial charge in [-0.25, -0.2) is 10.9 Å². The number of carbonyl (C=O) groups excluding carboxylic acids is 4. The summed E-state index contributed by atoms with van der Waals surface area (Å²) in [5.74, 6) is -0.501. The van der Waals surface area contributed by atoms with E-state index in [1.165, 1.54) is 0 Å². The highest BCUT2D eigenvalue weighted by molar-refractivity contribution is 5.95. The Kier molecular flexibility index (Phi) is 15.0. The van der Waals surface area contributed by atoms with E-state index < -0.39 is 6.10 Å². The van der Waals surface area contributed by atoms with E-state index >= 15 is 0 Å². The Labute approximate surface area is 286 Å². The Morgan fingerprint density at radius 3 is 2.45 bits per heavy atom. The SMILES string of the molecule is O=C(CCCCCCOc1cccc(C(=O)N/N=C/c2ccc(CN3C[C@@H](c4ccccc4)OC(=O)CC/C=C/CCC3=O)cc2)c1)NO. The molecule has 0 saturated carbocycles. The third kappa shape index (κ3) is 13.0. The molecule has 0 fully saturated rings. The first-order chi connectivity index (χ1) is 23.9. The van der Waals surface area contributed by atoms with E-state index in [1.54, 1.807) is 40.9 Å². The van der Waals surface area contributed by atoms with E-state index in [4.69, 9.17) is 14.7 Å². The van der Waals surface area contributed by atoms with E-state index in [1.807, 2.05) is 66.7 Å². The number of carbonyl (C=O) groups is 4. The van der Waals surface area contributed by atoms with Gasteiger partial charge in [0.05, 0.1) is 19.4 Å². The lowest BCUT2D eigenvalue weighted by molar-refractivity contribution is -0.152. The predicted octanol–water partition coefficient (Wildman–Crippen LogP) is 6.03. The van der Waals surface area contributed by atoms with Crippen LogP contribution in [0.2, 0.25) is 0 Å². The van der Waals surface area contributed by atoms with E-state index in [0.717, 1.165) is 36.0 Å². The molecule has 4 rings (SSSR count). The molecule has 3 amide bonds. The number of nitrogens with zero attached hydrogens (tertiary/aromatic N) is 2. The Morgan fingerprint density at radius 2 is 1.67 bits per heavy atom. The minimum atomic E-state index is -0.575. The first-order valence-corrected chi connectivity index (χ1v) is 16.7. The van der Waals surface area contributed by atoms with Gasteiger partial charge < -0.3 is 14.4 Å². The van der Waals surface area contributed by atoms with Crippen molar-refractivity contribution < 1.29 is 33.9 Å². The van der Waals surface area contributed by atoms with Crippen molar-refractivity contribution in [2.24, 2.45) is 5.10 Å². The number of hydrogen-bond acceptors (Lipinski definition) is 8. The molecule has 0 bridgehead atoms.